The number of benzene rings is 1. The van der Waals surface area contributed by atoms with Crippen molar-refractivity contribution in [1.82, 2.24) is 4.98 Å². The van der Waals surface area contributed by atoms with E-state index in [4.69, 9.17) is 0 Å². The van der Waals surface area contributed by atoms with Gasteiger partial charge in [-0.2, -0.15) is 0 Å². The van der Waals surface area contributed by atoms with E-state index in [2.05, 4.69) is 43.1 Å². The molecule has 0 saturated heterocycles. The Balaban J connectivity index is 2.08. The van der Waals surface area contributed by atoms with Crippen molar-refractivity contribution in [3.8, 4) is 0 Å². The summed E-state index contributed by atoms with van der Waals surface area (Å²) < 4.78 is 0. The lowest BCUT2D eigenvalue weighted by Crippen LogP contribution is -1.99. The summed E-state index contributed by atoms with van der Waals surface area (Å²) in [6.07, 6.45) is 2.26. The SMILES string of the molecule is CCC(=O)c1ccc(Sc2ccc(C(C)C)cc2)cn1. The smallest absolute Gasteiger partial charge is 0.180 e. The number of Topliss-reactive ketones (excluding diaryl/α,β-unsaturated/α-hetero) is 1. The second-order valence-electron chi connectivity index (χ2n) is 4.98. The van der Waals surface area contributed by atoms with E-state index in [1.807, 2.05) is 13.0 Å². The molecule has 0 amide bonds. The maximum Gasteiger partial charge on any atom is 0.180 e. The Morgan fingerprint density at radius 3 is 2.25 bits per heavy atom. The van der Waals surface area contributed by atoms with E-state index in [0.717, 1.165) is 4.90 Å². The molecule has 0 aliphatic carbocycles. The van der Waals surface area contributed by atoms with Crippen molar-refractivity contribution >= 4 is 17.5 Å². The molecule has 0 N–H and O–H groups in total. The van der Waals surface area contributed by atoms with Crippen LogP contribution in [-0.4, -0.2) is 10.8 Å². The normalized spacial score (nSPS) is 10.8. The van der Waals surface area contributed by atoms with Gasteiger partial charge in [-0.1, -0.05) is 44.7 Å². The summed E-state index contributed by atoms with van der Waals surface area (Å²) in [7, 11) is 0. The van der Waals surface area contributed by atoms with Crippen molar-refractivity contribution in [2.75, 3.05) is 0 Å². The van der Waals surface area contributed by atoms with Crippen LogP contribution in [0.25, 0.3) is 0 Å². The number of hydrogen-bond donors (Lipinski definition) is 0. The molecule has 0 fully saturated rings. The molecule has 3 heteroatoms. The van der Waals surface area contributed by atoms with Crippen LogP contribution in [0.2, 0.25) is 0 Å². The second kappa shape index (κ2) is 6.71. The zero-order valence-corrected chi connectivity index (χ0v) is 12.9. The minimum atomic E-state index is 0.0860. The number of hydrogen-bond acceptors (Lipinski definition) is 3. The van der Waals surface area contributed by atoms with E-state index in [9.17, 15) is 4.79 Å². The van der Waals surface area contributed by atoms with Crippen LogP contribution in [0, 0.1) is 0 Å². The lowest BCUT2D eigenvalue weighted by atomic mass is 10.0. The van der Waals surface area contributed by atoms with E-state index in [1.54, 1.807) is 24.0 Å². The molecule has 0 unspecified atom stereocenters. The van der Waals surface area contributed by atoms with Crippen LogP contribution in [0.3, 0.4) is 0 Å². The highest BCUT2D eigenvalue weighted by molar-refractivity contribution is 7.99. The Labute approximate surface area is 124 Å². The van der Waals surface area contributed by atoms with Gasteiger partial charge in [0, 0.05) is 22.4 Å². The third kappa shape index (κ3) is 3.70. The molecule has 0 aliphatic rings. The molecule has 2 aromatic rings. The molecule has 20 heavy (non-hydrogen) atoms. The van der Waals surface area contributed by atoms with Gasteiger partial charge in [-0.3, -0.25) is 9.78 Å². The molecular formula is C17H19NOS. The van der Waals surface area contributed by atoms with Gasteiger partial charge in [-0.15, -0.1) is 0 Å². The molecule has 2 rings (SSSR count). The number of aromatic nitrogens is 1. The fourth-order valence-electron chi connectivity index (χ4n) is 1.84. The first-order chi connectivity index (χ1) is 9.60. The molecule has 0 bridgehead atoms. The topological polar surface area (TPSA) is 30.0 Å². The molecule has 0 atom stereocenters. The van der Waals surface area contributed by atoms with Crippen molar-refractivity contribution in [3.63, 3.8) is 0 Å². The molecule has 0 saturated carbocycles. The van der Waals surface area contributed by atoms with Crippen molar-refractivity contribution < 1.29 is 4.79 Å². The highest BCUT2D eigenvalue weighted by atomic mass is 32.2. The first kappa shape index (κ1) is 14.8. The molecule has 0 spiro atoms. The zero-order chi connectivity index (χ0) is 14.5. The molecule has 104 valence electrons. The van der Waals surface area contributed by atoms with Crippen LogP contribution in [0.4, 0.5) is 0 Å². The minimum Gasteiger partial charge on any atom is -0.292 e. The van der Waals surface area contributed by atoms with Crippen molar-refractivity contribution in [2.45, 2.75) is 42.9 Å². The molecule has 0 aliphatic heterocycles. The zero-order valence-electron chi connectivity index (χ0n) is 12.1. The summed E-state index contributed by atoms with van der Waals surface area (Å²) in [6, 6.07) is 12.3. The lowest BCUT2D eigenvalue weighted by Gasteiger charge is -2.07. The van der Waals surface area contributed by atoms with Crippen molar-refractivity contribution in [2.24, 2.45) is 0 Å². The van der Waals surface area contributed by atoms with Gasteiger partial charge in [-0.05, 0) is 35.7 Å². The Morgan fingerprint density at radius 1 is 1.10 bits per heavy atom. The fourth-order valence-corrected chi connectivity index (χ4v) is 2.63. The van der Waals surface area contributed by atoms with E-state index in [1.165, 1.54) is 10.5 Å². The summed E-state index contributed by atoms with van der Waals surface area (Å²) in [5, 5.41) is 0. The van der Waals surface area contributed by atoms with Gasteiger partial charge in [0.05, 0.1) is 0 Å². The third-order valence-electron chi connectivity index (χ3n) is 3.13. The number of rotatable bonds is 5. The Morgan fingerprint density at radius 2 is 1.75 bits per heavy atom. The maximum absolute atomic E-state index is 11.5. The van der Waals surface area contributed by atoms with E-state index in [0.29, 0.717) is 18.0 Å². The number of carbonyl (C=O) groups is 1. The molecule has 1 heterocycles. The lowest BCUT2D eigenvalue weighted by molar-refractivity contribution is 0.0983. The van der Waals surface area contributed by atoms with Crippen LogP contribution >= 0.6 is 11.8 Å². The van der Waals surface area contributed by atoms with Gasteiger partial charge in [0.15, 0.2) is 5.78 Å². The first-order valence-corrected chi connectivity index (χ1v) is 7.69. The number of pyridine rings is 1. The Hall–Kier alpha value is -1.61. The van der Waals surface area contributed by atoms with E-state index in [-0.39, 0.29) is 5.78 Å². The summed E-state index contributed by atoms with van der Waals surface area (Å²) in [6.45, 7) is 6.23. The van der Waals surface area contributed by atoms with Crippen LogP contribution in [0.15, 0.2) is 52.4 Å². The predicted octanol–water partition coefficient (Wildman–Crippen LogP) is 4.95. The fraction of sp³-hybridized carbons (Fsp3) is 0.294. The summed E-state index contributed by atoms with van der Waals surface area (Å²) in [5.74, 6) is 0.637. The predicted molar refractivity (Wildman–Crippen MR) is 83.5 cm³/mol. The average molecular weight is 285 g/mol. The summed E-state index contributed by atoms with van der Waals surface area (Å²) in [4.78, 5) is 18.0. The van der Waals surface area contributed by atoms with Crippen LogP contribution in [0.5, 0.6) is 0 Å². The Kier molecular flexibility index (Phi) is 4.96. The highest BCUT2D eigenvalue weighted by Crippen LogP contribution is 2.28. The number of ketones is 1. The third-order valence-corrected chi connectivity index (χ3v) is 4.11. The standard InChI is InChI=1S/C17H19NOS/c1-4-17(19)16-10-9-15(11-18-16)20-14-7-5-13(6-8-14)12(2)3/h5-12H,4H2,1-3H3. The molecular weight excluding hydrogens is 266 g/mol. The molecule has 0 radical (unpaired) electrons. The molecule has 1 aromatic heterocycles. The van der Waals surface area contributed by atoms with Crippen LogP contribution in [0.1, 0.15) is 49.2 Å². The minimum absolute atomic E-state index is 0.0860. The highest BCUT2D eigenvalue weighted by Gasteiger charge is 2.05. The number of carbonyl (C=O) groups excluding carboxylic acids is 1. The van der Waals surface area contributed by atoms with Gasteiger partial charge in [0.1, 0.15) is 5.69 Å². The summed E-state index contributed by atoms with van der Waals surface area (Å²) >= 11 is 1.66. The average Bonchev–Trinajstić information content (AvgIpc) is 2.48. The van der Waals surface area contributed by atoms with Gasteiger partial charge in [0.2, 0.25) is 0 Å². The van der Waals surface area contributed by atoms with Crippen molar-refractivity contribution in [3.05, 3.63) is 53.9 Å². The number of nitrogens with zero attached hydrogens (tertiary/aromatic N) is 1. The van der Waals surface area contributed by atoms with Crippen LogP contribution < -0.4 is 0 Å². The van der Waals surface area contributed by atoms with Crippen molar-refractivity contribution in [1.29, 1.82) is 0 Å². The summed E-state index contributed by atoms with van der Waals surface area (Å²) in [5.41, 5.74) is 1.89. The Bertz CT molecular complexity index is 573. The molecule has 2 nitrogen and oxygen atoms in total. The first-order valence-electron chi connectivity index (χ1n) is 6.87. The van der Waals surface area contributed by atoms with Gasteiger partial charge >= 0.3 is 0 Å². The van der Waals surface area contributed by atoms with Crippen LogP contribution in [-0.2, 0) is 0 Å². The largest absolute Gasteiger partial charge is 0.292 e. The van der Waals surface area contributed by atoms with Gasteiger partial charge in [0.25, 0.3) is 0 Å². The maximum atomic E-state index is 11.5. The monoisotopic (exact) mass is 285 g/mol. The molecule has 1 aromatic carbocycles. The second-order valence-corrected chi connectivity index (χ2v) is 6.13. The van der Waals surface area contributed by atoms with E-state index >= 15 is 0 Å². The van der Waals surface area contributed by atoms with Gasteiger partial charge in [-0.25, -0.2) is 0 Å². The van der Waals surface area contributed by atoms with Gasteiger partial charge < -0.3 is 0 Å². The van der Waals surface area contributed by atoms with E-state index < -0.39 is 0 Å². The quantitative estimate of drug-likeness (QED) is 0.728.